The van der Waals surface area contributed by atoms with Gasteiger partial charge in [-0.15, -0.1) is 23.1 Å². The molecule has 0 fully saturated rings. The summed E-state index contributed by atoms with van der Waals surface area (Å²) in [5.41, 5.74) is 1.12. The molecule has 0 spiro atoms. The van der Waals surface area contributed by atoms with Crippen LogP contribution in [0.4, 0.5) is 0 Å². The van der Waals surface area contributed by atoms with Gasteiger partial charge in [0.05, 0.1) is 5.01 Å². The minimum atomic E-state index is 0.819. The minimum absolute atomic E-state index is 0.819. The van der Waals surface area contributed by atoms with E-state index in [1.54, 1.807) is 11.3 Å². The van der Waals surface area contributed by atoms with Gasteiger partial charge in [-0.1, -0.05) is 18.2 Å². The predicted molar refractivity (Wildman–Crippen MR) is 106 cm³/mol. The van der Waals surface area contributed by atoms with Crippen LogP contribution in [0.3, 0.4) is 0 Å². The van der Waals surface area contributed by atoms with Gasteiger partial charge in [0.15, 0.2) is 5.96 Å². The van der Waals surface area contributed by atoms with Crippen molar-refractivity contribution in [2.24, 2.45) is 4.99 Å². The van der Waals surface area contributed by atoms with Crippen molar-refractivity contribution in [2.45, 2.75) is 31.6 Å². The van der Waals surface area contributed by atoms with Crippen LogP contribution in [-0.2, 0) is 6.42 Å². The molecule has 0 saturated heterocycles. The average Bonchev–Trinajstić information content (AvgIpc) is 3.01. The van der Waals surface area contributed by atoms with Crippen molar-refractivity contribution in [1.82, 2.24) is 15.6 Å². The molecule has 1 aromatic carbocycles. The number of hydrogen-bond acceptors (Lipinski definition) is 4. The molecule has 2 N–H and O–H groups in total. The Morgan fingerprint density at radius 1 is 1.25 bits per heavy atom. The standard InChI is InChI=1S/C18H26N4S2/c1-3-19-18(20-11-7-10-17-22-15(2)14-24-17)21-12-13-23-16-8-5-4-6-9-16/h4-6,8-9,14H,3,7,10-13H2,1-2H3,(H2,19,20,21). The van der Waals surface area contributed by atoms with Gasteiger partial charge in [-0.05, 0) is 32.4 Å². The van der Waals surface area contributed by atoms with Gasteiger partial charge in [0.1, 0.15) is 0 Å². The van der Waals surface area contributed by atoms with Crippen LogP contribution in [0.1, 0.15) is 24.0 Å². The highest BCUT2D eigenvalue weighted by atomic mass is 32.2. The summed E-state index contributed by atoms with van der Waals surface area (Å²) in [5, 5.41) is 10.0. The summed E-state index contributed by atoms with van der Waals surface area (Å²) in [5.74, 6) is 1.92. The van der Waals surface area contributed by atoms with Gasteiger partial charge in [0.25, 0.3) is 0 Å². The van der Waals surface area contributed by atoms with Crippen LogP contribution in [0.25, 0.3) is 0 Å². The first-order valence-corrected chi connectivity index (χ1v) is 10.3. The van der Waals surface area contributed by atoms with Gasteiger partial charge in [0, 0.05) is 47.8 Å². The third-order valence-corrected chi connectivity index (χ3v) is 5.28. The quantitative estimate of drug-likeness (QED) is 0.309. The van der Waals surface area contributed by atoms with Crippen LogP contribution in [0.15, 0.2) is 45.6 Å². The van der Waals surface area contributed by atoms with Gasteiger partial charge >= 0.3 is 0 Å². The monoisotopic (exact) mass is 362 g/mol. The molecule has 1 heterocycles. The maximum atomic E-state index is 4.64. The van der Waals surface area contributed by atoms with Crippen molar-refractivity contribution in [3.05, 3.63) is 46.4 Å². The molecule has 2 aromatic rings. The second kappa shape index (κ2) is 11.1. The fraction of sp³-hybridized carbons (Fsp3) is 0.444. The highest BCUT2D eigenvalue weighted by molar-refractivity contribution is 7.99. The molecule has 130 valence electrons. The average molecular weight is 363 g/mol. The topological polar surface area (TPSA) is 49.3 Å². The molecule has 0 aliphatic carbocycles. The highest BCUT2D eigenvalue weighted by Gasteiger charge is 2.00. The zero-order valence-electron chi connectivity index (χ0n) is 14.4. The van der Waals surface area contributed by atoms with E-state index in [9.17, 15) is 0 Å². The summed E-state index contributed by atoms with van der Waals surface area (Å²) in [6.07, 6.45) is 2.04. The molecule has 6 heteroatoms. The third kappa shape index (κ3) is 7.36. The summed E-state index contributed by atoms with van der Waals surface area (Å²) in [4.78, 5) is 10.4. The molecular weight excluding hydrogens is 336 g/mol. The molecule has 0 bridgehead atoms. The lowest BCUT2D eigenvalue weighted by molar-refractivity contribution is 0.792. The summed E-state index contributed by atoms with van der Waals surface area (Å²) >= 11 is 3.60. The molecule has 0 unspecified atom stereocenters. The number of benzene rings is 1. The second-order valence-electron chi connectivity index (χ2n) is 5.34. The summed E-state index contributed by atoms with van der Waals surface area (Å²) in [6.45, 7) is 6.73. The van der Waals surface area contributed by atoms with E-state index in [2.05, 4.69) is 57.2 Å². The van der Waals surface area contributed by atoms with E-state index < -0.39 is 0 Å². The molecule has 0 atom stereocenters. The predicted octanol–water partition coefficient (Wildman–Crippen LogP) is 3.73. The second-order valence-corrected chi connectivity index (χ2v) is 7.45. The zero-order chi connectivity index (χ0) is 17.0. The van der Waals surface area contributed by atoms with Gasteiger partial charge in [-0.2, -0.15) is 0 Å². The number of aryl methyl sites for hydroxylation is 2. The number of thiazole rings is 1. The highest BCUT2D eigenvalue weighted by Crippen LogP contribution is 2.15. The van der Waals surface area contributed by atoms with Crippen LogP contribution < -0.4 is 10.6 Å². The van der Waals surface area contributed by atoms with E-state index in [4.69, 9.17) is 0 Å². The number of nitrogens with one attached hydrogen (secondary N) is 2. The number of guanidine groups is 1. The van der Waals surface area contributed by atoms with Crippen LogP contribution in [0.2, 0.25) is 0 Å². The number of thioether (sulfide) groups is 1. The number of nitrogens with zero attached hydrogens (tertiary/aromatic N) is 2. The van der Waals surface area contributed by atoms with E-state index >= 15 is 0 Å². The van der Waals surface area contributed by atoms with Gasteiger partial charge in [-0.25, -0.2) is 4.98 Å². The smallest absolute Gasteiger partial charge is 0.191 e. The van der Waals surface area contributed by atoms with E-state index in [0.717, 1.165) is 49.9 Å². The first-order valence-electron chi connectivity index (χ1n) is 8.39. The lowest BCUT2D eigenvalue weighted by Gasteiger charge is -2.11. The normalized spacial score (nSPS) is 11.5. The Hall–Kier alpha value is -1.53. The molecule has 4 nitrogen and oxygen atoms in total. The van der Waals surface area contributed by atoms with Gasteiger partial charge in [-0.3, -0.25) is 4.99 Å². The molecular formula is C18H26N4S2. The fourth-order valence-electron chi connectivity index (χ4n) is 2.14. The van der Waals surface area contributed by atoms with Crippen molar-refractivity contribution in [3.63, 3.8) is 0 Å². The van der Waals surface area contributed by atoms with Crippen molar-refractivity contribution < 1.29 is 0 Å². The van der Waals surface area contributed by atoms with E-state index in [0.29, 0.717) is 0 Å². The van der Waals surface area contributed by atoms with Crippen LogP contribution in [0, 0.1) is 6.92 Å². The van der Waals surface area contributed by atoms with Gasteiger partial charge in [0.2, 0.25) is 0 Å². The number of aliphatic imine (C=N–C) groups is 1. The fourth-order valence-corrected chi connectivity index (χ4v) is 3.74. The Kier molecular flexibility index (Phi) is 8.70. The van der Waals surface area contributed by atoms with Crippen LogP contribution in [0.5, 0.6) is 0 Å². The van der Waals surface area contributed by atoms with Crippen molar-refractivity contribution in [1.29, 1.82) is 0 Å². The van der Waals surface area contributed by atoms with Gasteiger partial charge < -0.3 is 10.6 Å². The first-order chi connectivity index (χ1) is 11.8. The largest absolute Gasteiger partial charge is 0.357 e. The Morgan fingerprint density at radius 2 is 2.08 bits per heavy atom. The van der Waals surface area contributed by atoms with Crippen molar-refractivity contribution >= 4 is 29.1 Å². The Labute approximate surface area is 153 Å². The molecule has 2 rings (SSSR count). The van der Waals surface area contributed by atoms with Crippen molar-refractivity contribution in [3.8, 4) is 0 Å². The van der Waals surface area contributed by atoms with Crippen molar-refractivity contribution in [2.75, 3.05) is 25.4 Å². The lowest BCUT2D eigenvalue weighted by Crippen LogP contribution is -2.38. The van der Waals surface area contributed by atoms with E-state index in [1.807, 2.05) is 24.8 Å². The Bertz CT molecular complexity index is 610. The lowest BCUT2D eigenvalue weighted by atomic mass is 10.3. The maximum absolute atomic E-state index is 4.64. The SMILES string of the molecule is CCNC(=NCCCc1nc(C)cs1)NCCSc1ccccc1. The summed E-state index contributed by atoms with van der Waals surface area (Å²) in [6, 6.07) is 10.5. The molecule has 1 aromatic heterocycles. The van der Waals surface area contributed by atoms with Crippen LogP contribution >= 0.6 is 23.1 Å². The molecule has 0 radical (unpaired) electrons. The molecule has 0 saturated carbocycles. The van der Waals surface area contributed by atoms with E-state index in [1.165, 1.54) is 9.90 Å². The Morgan fingerprint density at radius 3 is 2.79 bits per heavy atom. The number of aromatic nitrogens is 1. The molecule has 24 heavy (non-hydrogen) atoms. The Balaban J connectivity index is 1.66. The first kappa shape index (κ1) is 18.8. The molecule has 0 aliphatic rings. The van der Waals surface area contributed by atoms with E-state index in [-0.39, 0.29) is 0 Å². The summed E-state index contributed by atoms with van der Waals surface area (Å²) in [7, 11) is 0. The summed E-state index contributed by atoms with van der Waals surface area (Å²) < 4.78 is 0. The van der Waals surface area contributed by atoms with Crippen LogP contribution in [-0.4, -0.2) is 36.3 Å². The maximum Gasteiger partial charge on any atom is 0.191 e. The minimum Gasteiger partial charge on any atom is -0.357 e. The molecule has 0 aliphatic heterocycles. The molecule has 0 amide bonds. The zero-order valence-corrected chi connectivity index (χ0v) is 16.1. The number of hydrogen-bond donors (Lipinski definition) is 2. The third-order valence-electron chi connectivity index (χ3n) is 3.24. The number of rotatable bonds is 9.